The van der Waals surface area contributed by atoms with E-state index >= 15 is 0 Å². The van der Waals surface area contributed by atoms with Crippen LogP contribution in [0.1, 0.15) is 13.8 Å². The Morgan fingerprint density at radius 2 is 1.85 bits per heavy atom. The first kappa shape index (κ1) is 20.7. The summed E-state index contributed by atoms with van der Waals surface area (Å²) in [6, 6.07) is 9.89. The standard InChI is InChI=1S/C19H19F2NO4S/c1-3-25-14-5-7-15(8-6-14)27-11-18(23)26-12(2)19(24)22-17-10-13(20)4-9-16(17)21/h4-10,12H,3,11H2,1-2H3,(H,22,24)/t12-/m1/s1. The smallest absolute Gasteiger partial charge is 0.317 e. The zero-order valence-electron chi connectivity index (χ0n) is 14.8. The van der Waals surface area contributed by atoms with E-state index in [0.29, 0.717) is 6.61 Å². The van der Waals surface area contributed by atoms with Gasteiger partial charge in [-0.1, -0.05) is 0 Å². The largest absolute Gasteiger partial charge is 0.494 e. The maximum absolute atomic E-state index is 13.5. The highest BCUT2D eigenvalue weighted by atomic mass is 32.2. The molecule has 0 radical (unpaired) electrons. The molecular formula is C19H19F2NO4S. The number of nitrogens with one attached hydrogen (secondary N) is 1. The van der Waals surface area contributed by atoms with Crippen LogP contribution in [0.3, 0.4) is 0 Å². The highest BCUT2D eigenvalue weighted by Crippen LogP contribution is 2.22. The third-order valence-corrected chi connectivity index (χ3v) is 4.34. The molecule has 0 aromatic heterocycles. The molecule has 0 unspecified atom stereocenters. The highest BCUT2D eigenvalue weighted by molar-refractivity contribution is 8.00. The molecule has 0 aliphatic heterocycles. The van der Waals surface area contributed by atoms with Gasteiger partial charge in [0.1, 0.15) is 17.4 Å². The maximum Gasteiger partial charge on any atom is 0.317 e. The molecule has 144 valence electrons. The molecule has 2 aromatic carbocycles. The van der Waals surface area contributed by atoms with Crippen molar-refractivity contribution < 1.29 is 27.8 Å². The van der Waals surface area contributed by atoms with Gasteiger partial charge in [-0.3, -0.25) is 9.59 Å². The van der Waals surface area contributed by atoms with Crippen molar-refractivity contribution in [1.82, 2.24) is 0 Å². The number of carbonyl (C=O) groups is 2. The van der Waals surface area contributed by atoms with E-state index in [1.165, 1.54) is 18.7 Å². The molecule has 8 heteroatoms. The molecule has 0 fully saturated rings. The van der Waals surface area contributed by atoms with Crippen LogP contribution in [0, 0.1) is 11.6 Å². The average Bonchev–Trinajstić information content (AvgIpc) is 2.64. The fraction of sp³-hybridized carbons (Fsp3) is 0.263. The normalized spacial score (nSPS) is 11.6. The van der Waals surface area contributed by atoms with Crippen LogP contribution in [-0.4, -0.2) is 30.3 Å². The van der Waals surface area contributed by atoms with E-state index in [1.807, 2.05) is 19.1 Å². The first-order valence-corrected chi connectivity index (χ1v) is 9.18. The van der Waals surface area contributed by atoms with Crippen molar-refractivity contribution in [2.24, 2.45) is 0 Å². The fourth-order valence-electron chi connectivity index (χ4n) is 2.05. The summed E-state index contributed by atoms with van der Waals surface area (Å²) in [5.74, 6) is -2.09. The van der Waals surface area contributed by atoms with Crippen molar-refractivity contribution in [3.05, 3.63) is 54.1 Å². The van der Waals surface area contributed by atoms with E-state index < -0.39 is 29.6 Å². The minimum atomic E-state index is -1.15. The molecule has 5 nitrogen and oxygen atoms in total. The summed E-state index contributed by atoms with van der Waals surface area (Å²) in [4.78, 5) is 24.7. The van der Waals surface area contributed by atoms with Crippen molar-refractivity contribution in [2.75, 3.05) is 17.7 Å². The molecule has 1 N–H and O–H groups in total. The third-order valence-electron chi connectivity index (χ3n) is 3.36. The van der Waals surface area contributed by atoms with Gasteiger partial charge in [0.05, 0.1) is 18.0 Å². The quantitative estimate of drug-likeness (QED) is 0.540. The van der Waals surface area contributed by atoms with Crippen molar-refractivity contribution in [1.29, 1.82) is 0 Å². The Labute approximate surface area is 160 Å². The Kier molecular flexibility index (Phi) is 7.60. The second-order valence-electron chi connectivity index (χ2n) is 5.44. The summed E-state index contributed by atoms with van der Waals surface area (Å²) in [6.45, 7) is 3.81. The number of amides is 1. The van der Waals surface area contributed by atoms with E-state index in [-0.39, 0.29) is 11.4 Å². The number of benzene rings is 2. The van der Waals surface area contributed by atoms with Crippen LogP contribution in [0.5, 0.6) is 5.75 Å². The monoisotopic (exact) mass is 395 g/mol. The van der Waals surface area contributed by atoms with Crippen LogP contribution in [0.15, 0.2) is 47.4 Å². The van der Waals surface area contributed by atoms with E-state index in [1.54, 1.807) is 12.1 Å². The van der Waals surface area contributed by atoms with Crippen LogP contribution in [0.4, 0.5) is 14.5 Å². The van der Waals surface area contributed by atoms with Crippen LogP contribution < -0.4 is 10.1 Å². The molecule has 0 bridgehead atoms. The Hall–Kier alpha value is -2.61. The van der Waals surface area contributed by atoms with Gasteiger partial charge in [0, 0.05) is 11.0 Å². The van der Waals surface area contributed by atoms with Gasteiger partial charge >= 0.3 is 5.97 Å². The van der Waals surface area contributed by atoms with Crippen LogP contribution in [0.25, 0.3) is 0 Å². The summed E-state index contributed by atoms with van der Waals surface area (Å²) >= 11 is 1.25. The molecule has 0 aliphatic carbocycles. The molecule has 1 amide bonds. The number of hydrogen-bond acceptors (Lipinski definition) is 5. The van der Waals surface area contributed by atoms with Crippen molar-refractivity contribution in [3.63, 3.8) is 0 Å². The Morgan fingerprint density at radius 1 is 1.15 bits per heavy atom. The topological polar surface area (TPSA) is 64.6 Å². The number of halogens is 2. The maximum atomic E-state index is 13.5. The molecule has 1 atom stereocenters. The van der Waals surface area contributed by atoms with Gasteiger partial charge < -0.3 is 14.8 Å². The number of ether oxygens (including phenoxy) is 2. The van der Waals surface area contributed by atoms with Crippen LogP contribution in [0.2, 0.25) is 0 Å². The third kappa shape index (κ3) is 6.56. The van der Waals surface area contributed by atoms with Gasteiger partial charge in [0.2, 0.25) is 0 Å². The molecule has 2 rings (SSSR count). The predicted octanol–water partition coefficient (Wildman–Crippen LogP) is 4.03. The van der Waals surface area contributed by atoms with E-state index in [0.717, 1.165) is 28.8 Å². The predicted molar refractivity (Wildman–Crippen MR) is 98.9 cm³/mol. The fourth-order valence-corrected chi connectivity index (χ4v) is 2.73. The van der Waals surface area contributed by atoms with E-state index in [4.69, 9.17) is 9.47 Å². The number of anilines is 1. The molecule has 0 saturated heterocycles. The molecular weight excluding hydrogens is 376 g/mol. The molecule has 2 aromatic rings. The average molecular weight is 395 g/mol. The van der Waals surface area contributed by atoms with Crippen molar-refractivity contribution in [2.45, 2.75) is 24.8 Å². The number of rotatable bonds is 8. The second-order valence-corrected chi connectivity index (χ2v) is 6.49. The number of hydrogen-bond donors (Lipinski definition) is 1. The molecule has 0 heterocycles. The van der Waals surface area contributed by atoms with Gasteiger partial charge in [-0.2, -0.15) is 0 Å². The van der Waals surface area contributed by atoms with E-state index in [2.05, 4.69) is 5.32 Å². The zero-order valence-corrected chi connectivity index (χ0v) is 15.6. The van der Waals surface area contributed by atoms with E-state index in [9.17, 15) is 18.4 Å². The first-order chi connectivity index (χ1) is 12.9. The lowest BCUT2D eigenvalue weighted by Crippen LogP contribution is -2.30. The van der Waals surface area contributed by atoms with Gasteiger partial charge in [-0.05, 0) is 50.2 Å². The molecule has 0 aliphatic rings. The minimum Gasteiger partial charge on any atom is -0.494 e. The van der Waals surface area contributed by atoms with Gasteiger partial charge in [-0.25, -0.2) is 8.78 Å². The van der Waals surface area contributed by atoms with Crippen LogP contribution >= 0.6 is 11.8 Å². The summed E-state index contributed by atoms with van der Waals surface area (Å²) in [5, 5.41) is 2.20. The number of esters is 1. The SMILES string of the molecule is CCOc1ccc(SCC(=O)O[C@H](C)C(=O)Nc2cc(F)ccc2F)cc1. The molecule has 0 saturated carbocycles. The lowest BCUT2D eigenvalue weighted by atomic mass is 10.2. The molecule has 27 heavy (non-hydrogen) atoms. The lowest BCUT2D eigenvalue weighted by Gasteiger charge is -2.14. The first-order valence-electron chi connectivity index (χ1n) is 8.20. The zero-order chi connectivity index (χ0) is 19.8. The van der Waals surface area contributed by atoms with Crippen molar-refractivity contribution >= 4 is 29.3 Å². The van der Waals surface area contributed by atoms with Gasteiger partial charge in [0.15, 0.2) is 6.10 Å². The summed E-state index contributed by atoms with van der Waals surface area (Å²) in [5.41, 5.74) is -0.313. The van der Waals surface area contributed by atoms with Gasteiger partial charge in [0.25, 0.3) is 5.91 Å². The number of thioether (sulfide) groups is 1. The minimum absolute atomic E-state index is 0.0000716. The summed E-state index contributed by atoms with van der Waals surface area (Å²) in [6.07, 6.45) is -1.15. The highest BCUT2D eigenvalue weighted by Gasteiger charge is 2.19. The lowest BCUT2D eigenvalue weighted by molar-refractivity contribution is -0.150. The number of carbonyl (C=O) groups excluding carboxylic acids is 2. The Bertz CT molecular complexity index is 799. The second kappa shape index (κ2) is 9.91. The molecule has 0 spiro atoms. The summed E-state index contributed by atoms with van der Waals surface area (Å²) in [7, 11) is 0. The summed E-state index contributed by atoms with van der Waals surface area (Å²) < 4.78 is 37.0. The van der Waals surface area contributed by atoms with Gasteiger partial charge in [-0.15, -0.1) is 11.8 Å². The van der Waals surface area contributed by atoms with Crippen LogP contribution in [-0.2, 0) is 14.3 Å². The Morgan fingerprint density at radius 3 is 2.52 bits per heavy atom. The van der Waals surface area contributed by atoms with Crippen molar-refractivity contribution in [3.8, 4) is 5.75 Å². The Balaban J connectivity index is 1.82.